The number of hydrogen-bond acceptors (Lipinski definition) is 2. The number of nitrogens with zero attached hydrogens (tertiary/aromatic N) is 2. The lowest BCUT2D eigenvalue weighted by Gasteiger charge is -2.33. The Bertz CT molecular complexity index is 3330. The first-order valence-corrected chi connectivity index (χ1v) is 23.2. The van der Waals surface area contributed by atoms with E-state index in [1.165, 1.54) is 61.0 Å². The highest BCUT2D eigenvalue weighted by atomic mass is 15.1. The van der Waals surface area contributed by atoms with E-state index in [9.17, 15) is 0 Å². The second-order valence-corrected chi connectivity index (χ2v) is 17.6. The Morgan fingerprint density at radius 3 is 1.43 bits per heavy atom. The third-order valence-corrected chi connectivity index (χ3v) is 13.3. The third-order valence-electron chi connectivity index (χ3n) is 13.3. The second-order valence-electron chi connectivity index (χ2n) is 17.6. The summed E-state index contributed by atoms with van der Waals surface area (Å²) in [6, 6.07) is 92.1. The first-order valence-electron chi connectivity index (χ1n) is 23.2. The molecule has 1 aliphatic carbocycles. The third kappa shape index (κ3) is 8.38. The molecule has 0 amide bonds. The summed E-state index contributed by atoms with van der Waals surface area (Å²) in [6.07, 6.45) is 7.97. The lowest BCUT2D eigenvalue weighted by Crippen LogP contribution is -2.24. The molecule has 0 heterocycles. The molecule has 0 fully saturated rings. The van der Waals surface area contributed by atoms with Crippen LogP contribution in [-0.2, 0) is 5.41 Å². The van der Waals surface area contributed by atoms with E-state index in [2.05, 4.69) is 290 Å². The average Bonchev–Trinajstić information content (AvgIpc) is 3.41. The molecule has 2 heteroatoms. The number of allylic oxidation sites excluding steroid dienone is 3. The Labute approximate surface area is 394 Å². The smallest absolute Gasteiger partial charge is 0.0468 e. The summed E-state index contributed by atoms with van der Waals surface area (Å²) in [5.74, 6) is 0. The zero-order chi connectivity index (χ0) is 45.0. The van der Waals surface area contributed by atoms with Crippen molar-refractivity contribution in [3.8, 4) is 44.5 Å². The lowest BCUT2D eigenvalue weighted by atomic mass is 9.77. The van der Waals surface area contributed by atoms with Crippen molar-refractivity contribution in [1.29, 1.82) is 0 Å². The van der Waals surface area contributed by atoms with Crippen LogP contribution in [0.5, 0.6) is 0 Å². The van der Waals surface area contributed by atoms with Crippen LogP contribution in [0.15, 0.2) is 279 Å². The van der Waals surface area contributed by atoms with E-state index < -0.39 is 0 Å². The van der Waals surface area contributed by atoms with Gasteiger partial charge in [0.15, 0.2) is 0 Å². The molecule has 10 aromatic carbocycles. The van der Waals surface area contributed by atoms with Crippen LogP contribution in [-0.4, -0.2) is 0 Å². The normalized spacial score (nSPS) is 14.4. The van der Waals surface area contributed by atoms with Gasteiger partial charge in [0.25, 0.3) is 0 Å². The first kappa shape index (κ1) is 41.3. The van der Waals surface area contributed by atoms with Gasteiger partial charge in [0.05, 0.1) is 0 Å². The molecule has 0 bridgehead atoms. The van der Waals surface area contributed by atoms with Gasteiger partial charge in [0, 0.05) is 39.5 Å². The topological polar surface area (TPSA) is 6.48 Å². The Balaban J connectivity index is 0.980. The van der Waals surface area contributed by atoms with Crippen LogP contribution in [0.4, 0.5) is 28.4 Å². The van der Waals surface area contributed by atoms with Crippen LogP contribution in [0.3, 0.4) is 0 Å². The van der Waals surface area contributed by atoms with Crippen LogP contribution < -0.4 is 9.80 Å². The van der Waals surface area contributed by atoms with E-state index in [0.717, 1.165) is 40.4 Å². The number of hydrogen-bond donors (Lipinski definition) is 0. The summed E-state index contributed by atoms with van der Waals surface area (Å²) < 4.78 is 0. The standard InChI is InChI=1S/C65H50N2/c1-65(54-23-10-4-11-24-54)45-43-59(44-46-65)66(55-25-12-5-13-26-55)56-37-33-53(34-38-56)63-42-41-60(47-64(63)51-19-8-3-9-20-51)67(57-35-29-49(30-36-57)48-17-6-2-7-18-48)58-39-31-52(32-40-58)62-28-16-22-50-21-14-15-27-61(50)62/h2-45,47H,46H2,1H3. The molecular weight excluding hydrogens is 809 g/mol. The quantitative estimate of drug-likeness (QED) is 0.128. The van der Waals surface area contributed by atoms with Crippen LogP contribution in [0.1, 0.15) is 18.9 Å². The molecular formula is C65H50N2. The largest absolute Gasteiger partial charge is 0.311 e. The number of rotatable bonds is 11. The molecule has 10 aromatic rings. The van der Waals surface area contributed by atoms with E-state index >= 15 is 0 Å². The minimum atomic E-state index is -0.0564. The zero-order valence-corrected chi connectivity index (χ0v) is 37.6. The van der Waals surface area contributed by atoms with Crippen LogP contribution >= 0.6 is 0 Å². The van der Waals surface area contributed by atoms with Gasteiger partial charge in [-0.3, -0.25) is 0 Å². The van der Waals surface area contributed by atoms with Crippen molar-refractivity contribution in [2.24, 2.45) is 0 Å². The fourth-order valence-electron chi connectivity index (χ4n) is 9.66. The van der Waals surface area contributed by atoms with Crippen molar-refractivity contribution >= 4 is 39.2 Å². The predicted octanol–water partition coefficient (Wildman–Crippen LogP) is 17.9. The minimum Gasteiger partial charge on any atom is -0.311 e. The number of anilines is 5. The van der Waals surface area contributed by atoms with Crippen molar-refractivity contribution in [2.45, 2.75) is 18.8 Å². The molecule has 1 unspecified atom stereocenters. The van der Waals surface area contributed by atoms with E-state index in [1.54, 1.807) is 0 Å². The summed E-state index contributed by atoms with van der Waals surface area (Å²) in [5.41, 5.74) is 17.4. The zero-order valence-electron chi connectivity index (χ0n) is 37.6. The Morgan fingerprint density at radius 1 is 0.343 bits per heavy atom. The summed E-state index contributed by atoms with van der Waals surface area (Å²) in [6.45, 7) is 2.33. The van der Waals surface area contributed by atoms with E-state index in [4.69, 9.17) is 0 Å². The molecule has 67 heavy (non-hydrogen) atoms. The summed E-state index contributed by atoms with van der Waals surface area (Å²) >= 11 is 0. The van der Waals surface area contributed by atoms with Crippen molar-refractivity contribution in [1.82, 2.24) is 0 Å². The van der Waals surface area contributed by atoms with Gasteiger partial charge in [-0.15, -0.1) is 0 Å². The summed E-state index contributed by atoms with van der Waals surface area (Å²) in [5, 5.41) is 2.50. The fourth-order valence-corrected chi connectivity index (χ4v) is 9.66. The van der Waals surface area contributed by atoms with Crippen LogP contribution in [0.25, 0.3) is 55.3 Å². The van der Waals surface area contributed by atoms with Crippen LogP contribution in [0, 0.1) is 0 Å². The lowest BCUT2D eigenvalue weighted by molar-refractivity contribution is 0.595. The van der Waals surface area contributed by atoms with Gasteiger partial charge < -0.3 is 9.80 Å². The minimum absolute atomic E-state index is 0.0564. The van der Waals surface area contributed by atoms with Crippen LogP contribution in [0.2, 0.25) is 0 Å². The number of para-hydroxylation sites is 1. The van der Waals surface area contributed by atoms with Gasteiger partial charge in [0.2, 0.25) is 0 Å². The summed E-state index contributed by atoms with van der Waals surface area (Å²) in [4.78, 5) is 4.76. The van der Waals surface area contributed by atoms with Gasteiger partial charge in [0.1, 0.15) is 0 Å². The predicted molar refractivity (Wildman–Crippen MR) is 285 cm³/mol. The Morgan fingerprint density at radius 2 is 0.806 bits per heavy atom. The first-order chi connectivity index (χ1) is 33.1. The molecule has 0 aromatic heterocycles. The molecule has 0 spiro atoms. The van der Waals surface area contributed by atoms with E-state index in [-0.39, 0.29) is 5.41 Å². The monoisotopic (exact) mass is 858 g/mol. The molecule has 0 saturated carbocycles. The highest BCUT2D eigenvalue weighted by Crippen LogP contribution is 2.44. The molecule has 320 valence electrons. The van der Waals surface area contributed by atoms with E-state index in [0.29, 0.717) is 0 Å². The highest BCUT2D eigenvalue weighted by molar-refractivity contribution is 5.97. The number of benzene rings is 10. The maximum absolute atomic E-state index is 2.39. The van der Waals surface area contributed by atoms with Crippen molar-refractivity contribution < 1.29 is 0 Å². The maximum Gasteiger partial charge on any atom is 0.0468 e. The Hall–Kier alpha value is -8.46. The molecule has 1 atom stereocenters. The maximum atomic E-state index is 2.39. The SMILES string of the molecule is CC1(c2ccccc2)C=CC(N(c2ccccc2)c2ccc(-c3ccc(N(c4ccc(-c5ccccc5)cc4)c4ccc(-c5cccc6ccccc56)cc4)cc3-c3ccccc3)cc2)=CC1. The molecule has 0 radical (unpaired) electrons. The van der Waals surface area contributed by atoms with Crippen molar-refractivity contribution in [3.63, 3.8) is 0 Å². The Kier molecular flexibility index (Phi) is 11.2. The fraction of sp³-hybridized carbons (Fsp3) is 0.0462. The van der Waals surface area contributed by atoms with Gasteiger partial charge in [-0.05, 0) is 134 Å². The van der Waals surface area contributed by atoms with Gasteiger partial charge in [-0.1, -0.05) is 213 Å². The summed E-state index contributed by atoms with van der Waals surface area (Å²) in [7, 11) is 0. The molecule has 0 aliphatic heterocycles. The molecule has 2 nitrogen and oxygen atoms in total. The van der Waals surface area contributed by atoms with Gasteiger partial charge in [-0.25, -0.2) is 0 Å². The van der Waals surface area contributed by atoms with Gasteiger partial charge >= 0.3 is 0 Å². The molecule has 1 aliphatic rings. The second kappa shape index (κ2) is 18.2. The highest BCUT2D eigenvalue weighted by Gasteiger charge is 2.27. The van der Waals surface area contributed by atoms with Crippen molar-refractivity contribution in [3.05, 3.63) is 284 Å². The van der Waals surface area contributed by atoms with Crippen molar-refractivity contribution in [2.75, 3.05) is 9.80 Å². The van der Waals surface area contributed by atoms with Gasteiger partial charge in [-0.2, -0.15) is 0 Å². The molecule has 0 N–H and O–H groups in total. The average molecular weight is 859 g/mol. The molecule has 11 rings (SSSR count). The number of fused-ring (bicyclic) bond motifs is 1. The molecule has 0 saturated heterocycles. The van der Waals surface area contributed by atoms with E-state index in [1.807, 2.05) is 0 Å².